The van der Waals surface area contributed by atoms with E-state index in [-0.39, 0.29) is 12.5 Å². The minimum Gasteiger partial charge on any atom is -0.382 e. The van der Waals surface area contributed by atoms with Crippen LogP contribution < -0.4 is 0 Å². The number of hydrogen-bond acceptors (Lipinski definition) is 3. The minimum absolute atomic E-state index is 0.118. The maximum Gasteiger partial charge on any atom is 0.249 e. The number of likely N-dealkylation sites (tertiary alicyclic amines) is 1. The molecule has 4 nitrogen and oxygen atoms in total. The van der Waals surface area contributed by atoms with Crippen LogP contribution in [-0.2, 0) is 14.3 Å². The molecule has 1 aliphatic heterocycles. The summed E-state index contributed by atoms with van der Waals surface area (Å²) in [5.41, 5.74) is 0. The van der Waals surface area contributed by atoms with Crippen molar-refractivity contribution in [3.8, 4) is 0 Å². The minimum atomic E-state index is 0.118. The summed E-state index contributed by atoms with van der Waals surface area (Å²) in [5, 5.41) is 0. The van der Waals surface area contributed by atoms with E-state index in [1.54, 1.807) is 7.11 Å². The van der Waals surface area contributed by atoms with E-state index in [9.17, 15) is 4.79 Å². The van der Waals surface area contributed by atoms with E-state index in [1.807, 2.05) is 4.90 Å². The Morgan fingerprint density at radius 1 is 1.38 bits per heavy atom. The van der Waals surface area contributed by atoms with Crippen molar-refractivity contribution in [1.82, 2.24) is 4.90 Å². The van der Waals surface area contributed by atoms with Crippen LogP contribution in [0.1, 0.15) is 33.1 Å². The zero-order valence-corrected chi connectivity index (χ0v) is 10.6. The number of rotatable bonds is 6. The van der Waals surface area contributed by atoms with Gasteiger partial charge in [0.05, 0.1) is 13.2 Å². The lowest BCUT2D eigenvalue weighted by Gasteiger charge is -2.27. The zero-order chi connectivity index (χ0) is 12.0. The average Bonchev–Trinajstić information content (AvgIpc) is 2.65. The molecule has 16 heavy (non-hydrogen) atoms. The average molecular weight is 229 g/mol. The molecule has 2 unspecified atom stereocenters. The molecule has 0 aromatic rings. The number of amides is 1. The SMILES string of the molecule is CCC1CCC(C)N1C(=O)COCCOC. The third-order valence-corrected chi connectivity index (χ3v) is 3.20. The van der Waals surface area contributed by atoms with E-state index in [4.69, 9.17) is 9.47 Å². The van der Waals surface area contributed by atoms with Crippen LogP contribution in [0.25, 0.3) is 0 Å². The van der Waals surface area contributed by atoms with E-state index in [1.165, 1.54) is 0 Å². The molecule has 0 aliphatic carbocycles. The van der Waals surface area contributed by atoms with Gasteiger partial charge in [-0.25, -0.2) is 0 Å². The topological polar surface area (TPSA) is 38.8 Å². The van der Waals surface area contributed by atoms with Crippen molar-refractivity contribution >= 4 is 5.91 Å². The molecule has 1 rings (SSSR count). The first-order valence-electron chi connectivity index (χ1n) is 6.08. The lowest BCUT2D eigenvalue weighted by atomic mass is 10.1. The number of hydrogen-bond donors (Lipinski definition) is 0. The predicted molar refractivity (Wildman–Crippen MR) is 62.3 cm³/mol. The van der Waals surface area contributed by atoms with E-state index in [0.29, 0.717) is 25.3 Å². The Hall–Kier alpha value is -0.610. The number of methoxy groups -OCH3 is 1. The van der Waals surface area contributed by atoms with Crippen LogP contribution >= 0.6 is 0 Å². The third-order valence-electron chi connectivity index (χ3n) is 3.20. The van der Waals surface area contributed by atoms with Crippen LogP contribution in [0.5, 0.6) is 0 Å². The molecule has 0 N–H and O–H groups in total. The highest BCUT2D eigenvalue weighted by atomic mass is 16.5. The Labute approximate surface area is 97.9 Å². The maximum absolute atomic E-state index is 11.9. The van der Waals surface area contributed by atoms with Gasteiger partial charge in [0.15, 0.2) is 0 Å². The number of carbonyl (C=O) groups excluding carboxylic acids is 1. The van der Waals surface area contributed by atoms with Gasteiger partial charge in [0.25, 0.3) is 0 Å². The van der Waals surface area contributed by atoms with Gasteiger partial charge in [0.1, 0.15) is 6.61 Å². The molecule has 0 spiro atoms. The number of ether oxygens (including phenoxy) is 2. The normalized spacial score (nSPS) is 25.1. The van der Waals surface area contributed by atoms with Gasteiger partial charge >= 0.3 is 0 Å². The molecule has 1 saturated heterocycles. The molecule has 94 valence electrons. The van der Waals surface area contributed by atoms with Gasteiger partial charge in [-0.3, -0.25) is 4.79 Å². The van der Waals surface area contributed by atoms with Crippen LogP contribution in [0, 0.1) is 0 Å². The molecule has 1 heterocycles. The Morgan fingerprint density at radius 2 is 2.12 bits per heavy atom. The van der Waals surface area contributed by atoms with Crippen molar-refractivity contribution in [3.63, 3.8) is 0 Å². The standard InChI is InChI=1S/C12H23NO3/c1-4-11-6-5-10(2)13(11)12(14)9-16-8-7-15-3/h10-11H,4-9H2,1-3H3. The maximum atomic E-state index is 11.9. The predicted octanol–water partition coefficient (Wildman–Crippen LogP) is 1.44. The number of carbonyl (C=O) groups is 1. The second kappa shape index (κ2) is 6.86. The van der Waals surface area contributed by atoms with Crippen molar-refractivity contribution in [3.05, 3.63) is 0 Å². The molecule has 0 bridgehead atoms. The van der Waals surface area contributed by atoms with Crippen molar-refractivity contribution in [2.45, 2.75) is 45.2 Å². The molecule has 1 amide bonds. The Morgan fingerprint density at radius 3 is 2.75 bits per heavy atom. The molecule has 1 fully saturated rings. The monoisotopic (exact) mass is 229 g/mol. The first kappa shape index (κ1) is 13.5. The molecular weight excluding hydrogens is 206 g/mol. The summed E-state index contributed by atoms with van der Waals surface area (Å²) in [4.78, 5) is 13.9. The lowest BCUT2D eigenvalue weighted by Crippen LogP contribution is -2.41. The Bertz CT molecular complexity index is 220. The summed E-state index contributed by atoms with van der Waals surface area (Å²) in [6.45, 7) is 5.46. The van der Waals surface area contributed by atoms with Crippen molar-refractivity contribution in [1.29, 1.82) is 0 Å². The zero-order valence-electron chi connectivity index (χ0n) is 10.6. The van der Waals surface area contributed by atoms with Crippen LogP contribution in [0.3, 0.4) is 0 Å². The number of nitrogens with zero attached hydrogens (tertiary/aromatic N) is 1. The first-order valence-corrected chi connectivity index (χ1v) is 6.08. The largest absolute Gasteiger partial charge is 0.382 e. The second-order valence-corrected chi connectivity index (χ2v) is 4.33. The van der Waals surface area contributed by atoms with E-state index in [0.717, 1.165) is 19.3 Å². The van der Waals surface area contributed by atoms with E-state index >= 15 is 0 Å². The molecule has 2 atom stereocenters. The fourth-order valence-electron chi connectivity index (χ4n) is 2.30. The van der Waals surface area contributed by atoms with Crippen molar-refractivity contribution in [2.75, 3.05) is 26.9 Å². The highest BCUT2D eigenvalue weighted by molar-refractivity contribution is 5.78. The summed E-state index contributed by atoms with van der Waals surface area (Å²) in [7, 11) is 1.63. The van der Waals surface area contributed by atoms with Gasteiger partial charge < -0.3 is 14.4 Å². The van der Waals surface area contributed by atoms with Gasteiger partial charge in [-0.15, -0.1) is 0 Å². The van der Waals surface area contributed by atoms with E-state index < -0.39 is 0 Å². The van der Waals surface area contributed by atoms with E-state index in [2.05, 4.69) is 13.8 Å². The Balaban J connectivity index is 2.33. The first-order chi connectivity index (χ1) is 7.70. The van der Waals surface area contributed by atoms with Crippen LogP contribution in [0.15, 0.2) is 0 Å². The fraction of sp³-hybridized carbons (Fsp3) is 0.917. The van der Waals surface area contributed by atoms with Crippen LogP contribution in [0.4, 0.5) is 0 Å². The molecule has 0 saturated carbocycles. The quantitative estimate of drug-likeness (QED) is 0.647. The van der Waals surface area contributed by atoms with Crippen molar-refractivity contribution in [2.24, 2.45) is 0 Å². The molecule has 1 aliphatic rings. The molecule has 0 aromatic heterocycles. The summed E-state index contributed by atoms with van der Waals surface area (Å²) in [6.07, 6.45) is 3.28. The third kappa shape index (κ3) is 3.46. The van der Waals surface area contributed by atoms with Gasteiger partial charge in [-0.2, -0.15) is 0 Å². The molecular formula is C12H23NO3. The summed E-state index contributed by atoms with van der Waals surface area (Å²) in [5.74, 6) is 0.118. The fourth-order valence-corrected chi connectivity index (χ4v) is 2.30. The smallest absolute Gasteiger partial charge is 0.249 e. The molecule has 0 radical (unpaired) electrons. The molecule has 4 heteroatoms. The van der Waals surface area contributed by atoms with Crippen LogP contribution in [-0.4, -0.2) is 49.8 Å². The second-order valence-electron chi connectivity index (χ2n) is 4.33. The highest BCUT2D eigenvalue weighted by Crippen LogP contribution is 2.25. The van der Waals surface area contributed by atoms with Gasteiger partial charge in [-0.05, 0) is 26.2 Å². The van der Waals surface area contributed by atoms with Gasteiger partial charge in [0.2, 0.25) is 5.91 Å². The summed E-state index contributed by atoms with van der Waals surface area (Å²) >= 11 is 0. The van der Waals surface area contributed by atoms with Crippen LogP contribution in [0.2, 0.25) is 0 Å². The summed E-state index contributed by atoms with van der Waals surface area (Å²) in [6, 6.07) is 0.775. The van der Waals surface area contributed by atoms with Crippen molar-refractivity contribution < 1.29 is 14.3 Å². The summed E-state index contributed by atoms with van der Waals surface area (Å²) < 4.78 is 10.1. The highest BCUT2D eigenvalue weighted by Gasteiger charge is 2.32. The Kier molecular flexibility index (Phi) is 5.77. The van der Waals surface area contributed by atoms with Gasteiger partial charge in [0, 0.05) is 19.2 Å². The van der Waals surface area contributed by atoms with Gasteiger partial charge in [-0.1, -0.05) is 6.92 Å². The molecule has 0 aromatic carbocycles. The lowest BCUT2D eigenvalue weighted by molar-refractivity contribution is -0.139.